The predicted molar refractivity (Wildman–Crippen MR) is 112 cm³/mol. The lowest BCUT2D eigenvalue weighted by molar-refractivity contribution is -0.153. The Morgan fingerprint density at radius 2 is 1.19 bits per heavy atom. The van der Waals surface area contributed by atoms with E-state index >= 15 is 0 Å². The quantitative estimate of drug-likeness (QED) is 0.132. The van der Waals surface area contributed by atoms with Crippen LogP contribution in [0.5, 0.6) is 0 Å². The van der Waals surface area contributed by atoms with Crippen molar-refractivity contribution in [1.29, 1.82) is 0 Å². The second kappa shape index (κ2) is 14.6. The third-order valence-corrected chi connectivity index (χ3v) is 9.84. The van der Waals surface area contributed by atoms with Gasteiger partial charge in [0, 0.05) is 13.5 Å². The van der Waals surface area contributed by atoms with Gasteiger partial charge in [-0.3, -0.25) is 4.79 Å². The minimum atomic E-state index is -1.55. The minimum Gasteiger partial charge on any atom is -0.439 e. The molecular weight excluding hydrogens is 344 g/mol. The van der Waals surface area contributed by atoms with Gasteiger partial charge in [0.1, 0.15) is 0 Å². The molecule has 156 valence electrons. The highest BCUT2D eigenvalue weighted by molar-refractivity contribution is 6.74. The maximum atomic E-state index is 10.5. The van der Waals surface area contributed by atoms with E-state index in [0.717, 1.165) is 13.0 Å². The first-order valence-electron chi connectivity index (χ1n) is 10.5. The second-order valence-corrected chi connectivity index (χ2v) is 13.6. The first-order valence-corrected chi connectivity index (χ1v) is 13.4. The highest BCUT2D eigenvalue weighted by Gasteiger charge is 2.36. The topological polar surface area (TPSA) is 44.8 Å². The van der Waals surface area contributed by atoms with Gasteiger partial charge in [0.05, 0.1) is 6.61 Å². The molecule has 0 unspecified atom stereocenters. The summed E-state index contributed by atoms with van der Waals surface area (Å²) in [4.78, 5) is 10.5. The summed E-state index contributed by atoms with van der Waals surface area (Å²) in [5.74, 6) is -0.284. The molecule has 0 rings (SSSR count). The van der Waals surface area contributed by atoms with Crippen LogP contribution >= 0.6 is 0 Å². The zero-order valence-corrected chi connectivity index (χ0v) is 19.3. The van der Waals surface area contributed by atoms with Gasteiger partial charge in [0.25, 0.3) is 0 Å². The van der Waals surface area contributed by atoms with E-state index in [1.54, 1.807) is 0 Å². The first kappa shape index (κ1) is 25.6. The fraction of sp³-hybridized carbons (Fsp3) is 0.952. The molecule has 0 fully saturated rings. The summed E-state index contributed by atoms with van der Waals surface area (Å²) in [6, 6.07) is 0. The highest BCUT2D eigenvalue weighted by Crippen LogP contribution is 2.36. The molecule has 0 radical (unpaired) electrons. The number of rotatable bonds is 16. The standard InChI is InChI=1S/C21H44O4Si/c1-20(22)24-19-23-17-15-13-11-9-7-8-10-12-14-16-18-25-26(5,6)21(2,3)4/h7-19H2,1-6H3. The summed E-state index contributed by atoms with van der Waals surface area (Å²) >= 11 is 0. The normalized spacial score (nSPS) is 12.4. The lowest BCUT2D eigenvalue weighted by atomic mass is 10.1. The fourth-order valence-electron chi connectivity index (χ4n) is 2.45. The molecule has 0 aromatic heterocycles. The van der Waals surface area contributed by atoms with Crippen LogP contribution in [0.25, 0.3) is 0 Å². The Kier molecular flexibility index (Phi) is 14.4. The van der Waals surface area contributed by atoms with Crippen molar-refractivity contribution in [2.75, 3.05) is 20.0 Å². The summed E-state index contributed by atoms with van der Waals surface area (Å²) in [5, 5.41) is 0.321. The van der Waals surface area contributed by atoms with Crippen molar-refractivity contribution in [2.24, 2.45) is 0 Å². The van der Waals surface area contributed by atoms with Gasteiger partial charge in [-0.2, -0.15) is 0 Å². The van der Waals surface area contributed by atoms with E-state index in [9.17, 15) is 4.79 Å². The Morgan fingerprint density at radius 1 is 0.769 bits per heavy atom. The van der Waals surface area contributed by atoms with Crippen LogP contribution in [0.4, 0.5) is 0 Å². The van der Waals surface area contributed by atoms with Crippen molar-refractivity contribution in [2.45, 2.75) is 110 Å². The van der Waals surface area contributed by atoms with Crippen molar-refractivity contribution >= 4 is 14.3 Å². The lowest BCUT2D eigenvalue weighted by Gasteiger charge is -2.36. The summed E-state index contributed by atoms with van der Waals surface area (Å²) in [5.41, 5.74) is 0. The predicted octanol–water partition coefficient (Wildman–Crippen LogP) is 6.45. The third-order valence-electron chi connectivity index (χ3n) is 5.30. The van der Waals surface area contributed by atoms with Crippen LogP contribution in [0.3, 0.4) is 0 Å². The van der Waals surface area contributed by atoms with Crippen molar-refractivity contribution in [1.82, 2.24) is 0 Å². The molecule has 0 aromatic rings. The van der Waals surface area contributed by atoms with Gasteiger partial charge in [-0.25, -0.2) is 0 Å². The Balaban J connectivity index is 3.24. The van der Waals surface area contributed by atoms with Crippen LogP contribution in [0.1, 0.15) is 91.9 Å². The monoisotopic (exact) mass is 388 g/mol. The van der Waals surface area contributed by atoms with Crippen LogP contribution < -0.4 is 0 Å². The number of hydrogen-bond acceptors (Lipinski definition) is 4. The van der Waals surface area contributed by atoms with E-state index in [4.69, 9.17) is 13.9 Å². The molecule has 0 N–H and O–H groups in total. The van der Waals surface area contributed by atoms with Crippen LogP contribution in [0.2, 0.25) is 18.1 Å². The van der Waals surface area contributed by atoms with E-state index in [0.29, 0.717) is 11.6 Å². The summed E-state index contributed by atoms with van der Waals surface area (Å²) in [7, 11) is -1.55. The van der Waals surface area contributed by atoms with Crippen LogP contribution in [-0.4, -0.2) is 34.3 Å². The molecule has 0 bridgehead atoms. The molecule has 4 nitrogen and oxygen atoms in total. The van der Waals surface area contributed by atoms with E-state index < -0.39 is 8.32 Å². The molecule has 0 saturated heterocycles. The van der Waals surface area contributed by atoms with Crippen molar-refractivity contribution in [3.05, 3.63) is 0 Å². The Morgan fingerprint density at radius 3 is 1.62 bits per heavy atom. The smallest absolute Gasteiger partial charge is 0.304 e. The molecule has 0 aliphatic heterocycles. The lowest BCUT2D eigenvalue weighted by Crippen LogP contribution is -2.40. The third kappa shape index (κ3) is 14.7. The zero-order chi connectivity index (χ0) is 19.9. The summed E-state index contributed by atoms with van der Waals surface area (Å²) < 4.78 is 16.2. The maximum absolute atomic E-state index is 10.5. The van der Waals surface area contributed by atoms with E-state index in [1.807, 2.05) is 0 Å². The van der Waals surface area contributed by atoms with Gasteiger partial charge in [-0.15, -0.1) is 0 Å². The van der Waals surface area contributed by atoms with Gasteiger partial charge in [0.2, 0.25) is 0 Å². The molecule has 0 saturated carbocycles. The van der Waals surface area contributed by atoms with Crippen LogP contribution in [0, 0.1) is 0 Å². The summed E-state index contributed by atoms with van der Waals surface area (Å²) in [6.45, 7) is 14.7. The molecule has 0 heterocycles. The number of esters is 1. The van der Waals surface area contributed by atoms with Gasteiger partial charge < -0.3 is 13.9 Å². The van der Waals surface area contributed by atoms with E-state index in [1.165, 1.54) is 64.7 Å². The molecule has 0 aromatic carbocycles. The SMILES string of the molecule is CC(=O)OCOCCCCCCCCCCCCO[Si](C)(C)C(C)(C)C. The number of ether oxygens (including phenoxy) is 2. The van der Waals surface area contributed by atoms with Crippen molar-refractivity contribution < 1.29 is 18.7 Å². The first-order chi connectivity index (χ1) is 12.2. The molecule has 0 atom stereocenters. The molecule has 0 spiro atoms. The average Bonchev–Trinajstić information content (AvgIpc) is 2.53. The Bertz CT molecular complexity index is 350. The van der Waals surface area contributed by atoms with E-state index in [2.05, 4.69) is 33.9 Å². The van der Waals surface area contributed by atoms with Crippen molar-refractivity contribution in [3.63, 3.8) is 0 Å². The number of hydrogen-bond donors (Lipinski definition) is 0. The fourth-order valence-corrected chi connectivity index (χ4v) is 3.54. The van der Waals surface area contributed by atoms with Gasteiger partial charge in [0.15, 0.2) is 15.1 Å². The summed E-state index contributed by atoms with van der Waals surface area (Å²) in [6.07, 6.45) is 12.7. The van der Waals surface area contributed by atoms with Gasteiger partial charge >= 0.3 is 5.97 Å². The van der Waals surface area contributed by atoms with Crippen LogP contribution in [0.15, 0.2) is 0 Å². The second-order valence-electron chi connectivity index (χ2n) is 8.81. The number of carbonyl (C=O) groups excluding carboxylic acids is 1. The molecule has 26 heavy (non-hydrogen) atoms. The molecule has 0 aliphatic rings. The molecular formula is C21H44O4Si. The molecule has 0 amide bonds. The highest BCUT2D eigenvalue weighted by atomic mass is 28.4. The van der Waals surface area contributed by atoms with Crippen molar-refractivity contribution in [3.8, 4) is 0 Å². The number of carbonyl (C=O) groups is 1. The Labute approximate surface area is 163 Å². The molecule has 0 aliphatic carbocycles. The maximum Gasteiger partial charge on any atom is 0.304 e. The Hall–Kier alpha value is -0.393. The minimum absolute atomic E-state index is 0.0935. The van der Waals surface area contributed by atoms with Crippen LogP contribution in [-0.2, 0) is 18.7 Å². The van der Waals surface area contributed by atoms with Gasteiger partial charge in [-0.1, -0.05) is 72.1 Å². The zero-order valence-electron chi connectivity index (χ0n) is 18.3. The molecule has 5 heteroatoms. The largest absolute Gasteiger partial charge is 0.439 e. The average molecular weight is 389 g/mol. The van der Waals surface area contributed by atoms with E-state index in [-0.39, 0.29) is 12.8 Å². The van der Waals surface area contributed by atoms with Gasteiger partial charge in [-0.05, 0) is 31.0 Å². The number of unbranched alkanes of at least 4 members (excludes halogenated alkanes) is 9.